The molecule has 2 fully saturated rings. The third kappa shape index (κ3) is 6.37. The Morgan fingerprint density at radius 2 is 1.87 bits per heavy atom. The highest BCUT2D eigenvalue weighted by molar-refractivity contribution is 5.69. The van der Waals surface area contributed by atoms with Crippen molar-refractivity contribution < 1.29 is 18.3 Å². The molecule has 2 heterocycles. The van der Waals surface area contributed by atoms with Gasteiger partial charge in [0.05, 0.1) is 24.7 Å². The lowest BCUT2D eigenvalue weighted by Crippen LogP contribution is -2.39. The van der Waals surface area contributed by atoms with Crippen molar-refractivity contribution in [2.24, 2.45) is 0 Å². The van der Waals surface area contributed by atoms with Gasteiger partial charge in [-0.1, -0.05) is 0 Å². The summed E-state index contributed by atoms with van der Waals surface area (Å²) in [4.78, 5) is 12.7. The molecule has 128 valence electrons. The molecule has 8 heteroatoms. The molecule has 2 saturated heterocycles. The molecular formula is C15H22F2N4O2. The molecule has 0 spiro atoms. The number of likely N-dealkylation sites (tertiary alicyclic amines) is 1. The number of nitrogens with zero attached hydrogens (tertiary/aromatic N) is 3. The molecule has 2 aliphatic rings. The molecule has 6 nitrogen and oxygen atoms in total. The number of carbonyl (C=O) groups is 1. The van der Waals surface area contributed by atoms with Gasteiger partial charge in [-0.15, -0.1) is 0 Å². The Labute approximate surface area is 135 Å². The molecule has 0 aliphatic carbocycles. The van der Waals surface area contributed by atoms with Crippen LogP contribution in [0.15, 0.2) is 0 Å². The molecule has 0 saturated carbocycles. The quantitative estimate of drug-likeness (QED) is 0.735. The first-order valence-corrected chi connectivity index (χ1v) is 7.46. The Bertz CT molecular complexity index is 495. The number of halogens is 2. The minimum absolute atomic E-state index is 0.0485. The minimum atomic E-state index is -1.12. The van der Waals surface area contributed by atoms with Crippen LogP contribution in [0.2, 0.25) is 0 Å². The number of nitrogens with one attached hydrogen (secondary N) is 1. The number of hydrogen-bond donors (Lipinski definition) is 1. The van der Waals surface area contributed by atoms with Crippen LogP contribution in [0.25, 0.3) is 0 Å². The maximum atomic E-state index is 13.0. The van der Waals surface area contributed by atoms with E-state index >= 15 is 0 Å². The molecule has 1 N–H and O–H groups in total. The largest absolute Gasteiger partial charge is 0.444 e. The van der Waals surface area contributed by atoms with Gasteiger partial charge >= 0.3 is 6.09 Å². The number of carbonyl (C=O) groups excluding carboxylic acids is 1. The van der Waals surface area contributed by atoms with Crippen molar-refractivity contribution in [1.82, 2.24) is 10.2 Å². The fraction of sp³-hybridized carbons (Fsp3) is 0.800. The van der Waals surface area contributed by atoms with E-state index < -0.39 is 30.1 Å². The molecule has 0 aromatic rings. The molecular weight excluding hydrogens is 306 g/mol. The van der Waals surface area contributed by atoms with Crippen molar-refractivity contribution >= 4 is 6.09 Å². The molecule has 23 heavy (non-hydrogen) atoms. The van der Waals surface area contributed by atoms with E-state index in [0.717, 1.165) is 4.90 Å². The van der Waals surface area contributed by atoms with E-state index in [0.29, 0.717) is 13.0 Å². The van der Waals surface area contributed by atoms with Crippen molar-refractivity contribution in [3.05, 3.63) is 0 Å². The van der Waals surface area contributed by atoms with Crippen LogP contribution < -0.4 is 5.32 Å². The van der Waals surface area contributed by atoms with Gasteiger partial charge in [-0.3, -0.25) is 10.2 Å². The lowest BCUT2D eigenvalue weighted by Gasteiger charge is -2.25. The fourth-order valence-corrected chi connectivity index (χ4v) is 2.22. The summed E-state index contributed by atoms with van der Waals surface area (Å²) < 4.78 is 30.2. The summed E-state index contributed by atoms with van der Waals surface area (Å²) in [5.41, 5.74) is -0.620. The van der Waals surface area contributed by atoms with Gasteiger partial charge in [0.15, 0.2) is 0 Å². The third-order valence-electron chi connectivity index (χ3n) is 3.26. The Kier molecular flexibility index (Phi) is 6.71. The summed E-state index contributed by atoms with van der Waals surface area (Å²) in [6.07, 6.45) is -2.11. The highest BCUT2D eigenvalue weighted by Gasteiger charge is 2.37. The lowest BCUT2D eigenvalue weighted by molar-refractivity contribution is 0.0250. The van der Waals surface area contributed by atoms with E-state index in [-0.39, 0.29) is 19.0 Å². The first-order chi connectivity index (χ1) is 10.7. The van der Waals surface area contributed by atoms with Crippen molar-refractivity contribution in [3.63, 3.8) is 0 Å². The Hall–Kier alpha value is -1.93. The normalized spacial score (nSPS) is 30.0. The predicted octanol–water partition coefficient (Wildman–Crippen LogP) is 2.07. The molecule has 2 aliphatic heterocycles. The van der Waals surface area contributed by atoms with Gasteiger partial charge < -0.3 is 4.74 Å². The smallest absolute Gasteiger partial charge is 0.411 e. The number of alkyl halides is 2. The summed E-state index contributed by atoms with van der Waals surface area (Å²) >= 11 is 0. The topological polar surface area (TPSA) is 89.2 Å². The summed E-state index contributed by atoms with van der Waals surface area (Å²) in [6, 6.07) is 2.89. The highest BCUT2D eigenvalue weighted by Crippen LogP contribution is 2.22. The van der Waals surface area contributed by atoms with Gasteiger partial charge in [-0.25, -0.2) is 13.6 Å². The van der Waals surface area contributed by atoms with Crippen LogP contribution in [-0.2, 0) is 4.74 Å². The van der Waals surface area contributed by atoms with Crippen molar-refractivity contribution in [3.8, 4) is 12.1 Å². The summed E-state index contributed by atoms with van der Waals surface area (Å²) in [6.45, 7) is 5.49. The fourth-order valence-electron chi connectivity index (χ4n) is 2.22. The van der Waals surface area contributed by atoms with Crippen LogP contribution in [0.1, 0.15) is 33.6 Å². The van der Waals surface area contributed by atoms with Crippen LogP contribution in [0.4, 0.5) is 13.6 Å². The maximum Gasteiger partial charge on any atom is 0.411 e. The summed E-state index contributed by atoms with van der Waals surface area (Å²) in [5.74, 6) is 0. The first-order valence-electron chi connectivity index (χ1n) is 7.46. The van der Waals surface area contributed by atoms with E-state index in [2.05, 4.69) is 5.32 Å². The van der Waals surface area contributed by atoms with Gasteiger partial charge in [0.1, 0.15) is 24.0 Å². The molecule has 2 rings (SSSR count). The average molecular weight is 328 g/mol. The number of rotatable bonds is 0. The molecule has 1 amide bonds. The number of nitriles is 2. The molecule has 0 aromatic carbocycles. The Morgan fingerprint density at radius 1 is 1.22 bits per heavy atom. The van der Waals surface area contributed by atoms with Crippen LogP contribution >= 0.6 is 0 Å². The number of amides is 1. The second-order valence-electron chi connectivity index (χ2n) is 6.53. The van der Waals surface area contributed by atoms with Gasteiger partial charge in [0.2, 0.25) is 0 Å². The number of ether oxygens (including phenoxy) is 1. The third-order valence-corrected chi connectivity index (χ3v) is 3.26. The van der Waals surface area contributed by atoms with E-state index in [9.17, 15) is 13.6 Å². The SMILES string of the molecule is CC(C)(C)OC(=O)N1C[C@@H](F)C[C@H]1C#N.N#C[C@@H]1C[C@H](F)CN1. The maximum absolute atomic E-state index is 13.0. The standard InChI is InChI=1S/C10H15FN2O2.C5H7FN2/c1-10(2,3)15-9(14)13-6-7(11)4-8(13)5-12;6-4-1-5(2-7)8-3-4/h7-8H,4,6H2,1-3H3;4-5,8H,1,3H2/t7-,8-;4-,5-/m00/s1. The molecule has 4 atom stereocenters. The van der Waals surface area contributed by atoms with Crippen molar-refractivity contribution in [2.75, 3.05) is 13.1 Å². The monoisotopic (exact) mass is 328 g/mol. The molecule has 0 aromatic heterocycles. The zero-order valence-corrected chi connectivity index (χ0v) is 13.6. The zero-order valence-electron chi connectivity index (χ0n) is 13.6. The van der Waals surface area contributed by atoms with Crippen LogP contribution in [0, 0.1) is 22.7 Å². The number of hydrogen-bond acceptors (Lipinski definition) is 5. The first kappa shape index (κ1) is 19.1. The van der Waals surface area contributed by atoms with Crippen LogP contribution in [0.3, 0.4) is 0 Å². The van der Waals surface area contributed by atoms with Gasteiger partial charge in [-0.05, 0) is 20.8 Å². The van der Waals surface area contributed by atoms with Gasteiger partial charge in [-0.2, -0.15) is 10.5 Å². The summed E-state index contributed by atoms with van der Waals surface area (Å²) in [5, 5.41) is 19.7. The minimum Gasteiger partial charge on any atom is -0.444 e. The van der Waals surface area contributed by atoms with Crippen molar-refractivity contribution in [2.45, 2.75) is 63.6 Å². The Balaban J connectivity index is 0.000000277. The summed E-state index contributed by atoms with van der Waals surface area (Å²) in [7, 11) is 0. The van der Waals surface area contributed by atoms with E-state index in [1.54, 1.807) is 20.8 Å². The van der Waals surface area contributed by atoms with E-state index in [1.165, 1.54) is 0 Å². The zero-order chi connectivity index (χ0) is 17.6. The van der Waals surface area contributed by atoms with Crippen LogP contribution in [0.5, 0.6) is 0 Å². The second-order valence-corrected chi connectivity index (χ2v) is 6.53. The van der Waals surface area contributed by atoms with E-state index in [4.69, 9.17) is 15.3 Å². The lowest BCUT2D eigenvalue weighted by atomic mass is 10.2. The molecule has 0 radical (unpaired) electrons. The Morgan fingerprint density at radius 3 is 2.26 bits per heavy atom. The van der Waals surface area contributed by atoms with Gasteiger partial charge in [0.25, 0.3) is 0 Å². The predicted molar refractivity (Wildman–Crippen MR) is 78.8 cm³/mol. The van der Waals surface area contributed by atoms with Crippen molar-refractivity contribution in [1.29, 1.82) is 10.5 Å². The second kappa shape index (κ2) is 8.07. The van der Waals surface area contributed by atoms with Gasteiger partial charge in [0, 0.05) is 19.4 Å². The molecule has 0 unspecified atom stereocenters. The molecule has 0 bridgehead atoms. The highest BCUT2D eigenvalue weighted by atomic mass is 19.1. The van der Waals surface area contributed by atoms with Crippen LogP contribution in [-0.4, -0.2) is 54.1 Å². The van der Waals surface area contributed by atoms with E-state index in [1.807, 2.05) is 12.1 Å². The average Bonchev–Trinajstić information content (AvgIpc) is 3.03.